The van der Waals surface area contributed by atoms with Crippen LogP contribution in [0.4, 0.5) is 0 Å². The van der Waals surface area contributed by atoms with Gasteiger partial charge in [-0.3, -0.25) is 0 Å². The molecule has 2 N–H and O–H groups in total. The average Bonchev–Trinajstić information content (AvgIpc) is 2.37. The summed E-state index contributed by atoms with van der Waals surface area (Å²) in [6.45, 7) is 12.5. The molecule has 0 radical (unpaired) electrons. The van der Waals surface area contributed by atoms with Crippen molar-refractivity contribution in [3.8, 4) is 5.75 Å². The smallest absolute Gasteiger partial charge is 0.122 e. The van der Waals surface area contributed by atoms with Crippen LogP contribution in [0.15, 0.2) is 18.2 Å². The first-order valence-electron chi connectivity index (χ1n) is 7.52. The third-order valence-corrected chi connectivity index (χ3v) is 3.24. The van der Waals surface area contributed by atoms with E-state index in [1.807, 2.05) is 6.92 Å². The molecule has 3 heteroatoms. The van der Waals surface area contributed by atoms with Crippen LogP contribution in [0.5, 0.6) is 5.75 Å². The Labute approximate surface area is 123 Å². The fourth-order valence-corrected chi connectivity index (χ4v) is 1.91. The summed E-state index contributed by atoms with van der Waals surface area (Å²) >= 11 is 0. The summed E-state index contributed by atoms with van der Waals surface area (Å²) in [6, 6.07) is 6.29. The van der Waals surface area contributed by atoms with Gasteiger partial charge in [0, 0.05) is 6.54 Å². The monoisotopic (exact) mass is 279 g/mol. The molecule has 0 saturated carbocycles. The number of aryl methyl sites for hydroxylation is 1. The van der Waals surface area contributed by atoms with E-state index in [1.54, 1.807) is 0 Å². The van der Waals surface area contributed by atoms with E-state index >= 15 is 0 Å². The molecule has 0 aromatic heterocycles. The maximum atomic E-state index is 9.91. The lowest BCUT2D eigenvalue weighted by Crippen LogP contribution is -2.33. The van der Waals surface area contributed by atoms with Crippen LogP contribution in [0.25, 0.3) is 0 Å². The molecule has 0 bridgehead atoms. The van der Waals surface area contributed by atoms with Crippen molar-refractivity contribution in [3.05, 3.63) is 29.3 Å². The van der Waals surface area contributed by atoms with Crippen LogP contribution in [0.2, 0.25) is 0 Å². The van der Waals surface area contributed by atoms with Crippen LogP contribution in [0.3, 0.4) is 0 Å². The number of hydrogen-bond acceptors (Lipinski definition) is 3. The second kappa shape index (κ2) is 8.28. The van der Waals surface area contributed by atoms with E-state index in [9.17, 15) is 5.11 Å². The van der Waals surface area contributed by atoms with Gasteiger partial charge in [0.05, 0.1) is 0 Å². The zero-order valence-corrected chi connectivity index (χ0v) is 13.4. The van der Waals surface area contributed by atoms with Crippen LogP contribution >= 0.6 is 0 Å². The molecular weight excluding hydrogens is 250 g/mol. The molecule has 3 nitrogen and oxygen atoms in total. The number of ether oxygens (including phenoxy) is 1. The van der Waals surface area contributed by atoms with Crippen LogP contribution in [-0.2, 0) is 0 Å². The maximum Gasteiger partial charge on any atom is 0.122 e. The average molecular weight is 279 g/mol. The second-order valence-corrected chi connectivity index (χ2v) is 6.20. The molecule has 1 atom stereocenters. The van der Waals surface area contributed by atoms with Gasteiger partial charge in [0.1, 0.15) is 18.5 Å². The van der Waals surface area contributed by atoms with Crippen LogP contribution in [-0.4, -0.2) is 30.9 Å². The Morgan fingerprint density at radius 3 is 2.45 bits per heavy atom. The Balaban J connectivity index is 2.46. The zero-order valence-electron chi connectivity index (χ0n) is 13.4. The second-order valence-electron chi connectivity index (χ2n) is 6.20. The number of benzene rings is 1. The largest absolute Gasteiger partial charge is 0.491 e. The fourth-order valence-electron chi connectivity index (χ4n) is 1.91. The molecule has 1 aromatic rings. The minimum absolute atomic E-state index is 0.327. The van der Waals surface area contributed by atoms with Crippen molar-refractivity contribution in [2.24, 2.45) is 5.92 Å². The molecule has 1 unspecified atom stereocenters. The van der Waals surface area contributed by atoms with Gasteiger partial charge in [0.25, 0.3) is 0 Å². The molecule has 0 aliphatic rings. The molecule has 0 aliphatic carbocycles. The third kappa shape index (κ3) is 5.93. The Morgan fingerprint density at radius 2 is 1.85 bits per heavy atom. The quantitative estimate of drug-likeness (QED) is 0.768. The van der Waals surface area contributed by atoms with Gasteiger partial charge < -0.3 is 15.2 Å². The molecule has 0 spiro atoms. The molecule has 20 heavy (non-hydrogen) atoms. The van der Waals surface area contributed by atoms with E-state index in [-0.39, 0.29) is 0 Å². The fraction of sp³-hybridized carbons (Fsp3) is 0.647. The number of hydrogen-bond donors (Lipinski definition) is 2. The lowest BCUT2D eigenvalue weighted by Gasteiger charge is -2.16. The molecule has 0 fully saturated rings. The van der Waals surface area contributed by atoms with Gasteiger partial charge in [-0.15, -0.1) is 0 Å². The summed E-state index contributed by atoms with van der Waals surface area (Å²) in [5, 5.41) is 13.1. The van der Waals surface area contributed by atoms with Crippen LogP contribution in [0, 0.1) is 12.8 Å². The van der Waals surface area contributed by atoms with E-state index in [4.69, 9.17) is 4.74 Å². The Hall–Kier alpha value is -1.06. The molecule has 1 aromatic carbocycles. The zero-order chi connectivity index (χ0) is 15.1. The summed E-state index contributed by atoms with van der Waals surface area (Å²) in [7, 11) is 0. The third-order valence-electron chi connectivity index (χ3n) is 3.24. The molecule has 0 saturated heterocycles. The maximum absolute atomic E-state index is 9.91. The number of aliphatic hydroxyl groups is 1. The van der Waals surface area contributed by atoms with E-state index in [2.05, 4.69) is 51.2 Å². The number of nitrogens with one attached hydrogen (secondary N) is 1. The van der Waals surface area contributed by atoms with E-state index < -0.39 is 6.10 Å². The van der Waals surface area contributed by atoms with Crippen molar-refractivity contribution in [1.29, 1.82) is 0 Å². The Bertz CT molecular complexity index is 402. The van der Waals surface area contributed by atoms with E-state index in [1.165, 1.54) is 5.56 Å². The summed E-state index contributed by atoms with van der Waals surface area (Å²) in [6.07, 6.45) is -0.476. The molecule has 0 heterocycles. The van der Waals surface area contributed by atoms with E-state index in [0.29, 0.717) is 25.0 Å². The lowest BCUT2D eigenvalue weighted by atomic mass is 10.0. The van der Waals surface area contributed by atoms with Crippen molar-refractivity contribution in [1.82, 2.24) is 5.32 Å². The highest BCUT2D eigenvalue weighted by molar-refractivity contribution is 5.37. The minimum atomic E-state index is -0.476. The summed E-state index contributed by atoms with van der Waals surface area (Å²) in [5.74, 6) is 1.95. The first-order chi connectivity index (χ1) is 9.40. The number of rotatable bonds is 8. The van der Waals surface area contributed by atoms with E-state index in [0.717, 1.165) is 17.9 Å². The van der Waals surface area contributed by atoms with Crippen LogP contribution in [0.1, 0.15) is 44.7 Å². The van der Waals surface area contributed by atoms with Gasteiger partial charge in [-0.2, -0.15) is 0 Å². The predicted molar refractivity (Wildman–Crippen MR) is 84.5 cm³/mol. The topological polar surface area (TPSA) is 41.5 Å². The van der Waals surface area contributed by atoms with Gasteiger partial charge >= 0.3 is 0 Å². The normalized spacial score (nSPS) is 13.0. The lowest BCUT2D eigenvalue weighted by molar-refractivity contribution is 0.105. The van der Waals surface area contributed by atoms with Crippen molar-refractivity contribution < 1.29 is 9.84 Å². The van der Waals surface area contributed by atoms with Crippen molar-refractivity contribution in [2.75, 3.05) is 19.7 Å². The first kappa shape index (κ1) is 17.0. The van der Waals surface area contributed by atoms with Gasteiger partial charge in [-0.1, -0.05) is 39.8 Å². The van der Waals surface area contributed by atoms with Crippen molar-refractivity contribution in [2.45, 2.75) is 46.6 Å². The highest BCUT2D eigenvalue weighted by atomic mass is 16.5. The number of aliphatic hydroxyl groups excluding tert-OH is 1. The van der Waals surface area contributed by atoms with Gasteiger partial charge in [0.2, 0.25) is 0 Å². The highest BCUT2D eigenvalue weighted by Gasteiger charge is 2.08. The van der Waals surface area contributed by atoms with Gasteiger partial charge in [-0.25, -0.2) is 0 Å². The first-order valence-corrected chi connectivity index (χ1v) is 7.52. The van der Waals surface area contributed by atoms with Crippen molar-refractivity contribution in [3.63, 3.8) is 0 Å². The minimum Gasteiger partial charge on any atom is -0.491 e. The van der Waals surface area contributed by atoms with Gasteiger partial charge in [0.15, 0.2) is 0 Å². The standard InChI is InChI=1S/C17H29NO2/c1-12(2)9-18-10-16(19)11-20-17-8-15(13(3)4)7-6-14(17)5/h6-8,12-13,16,18-19H,9-11H2,1-5H3. The SMILES string of the molecule is Cc1ccc(C(C)C)cc1OCC(O)CNCC(C)C. The predicted octanol–water partition coefficient (Wildman–Crippen LogP) is 3.10. The summed E-state index contributed by atoms with van der Waals surface area (Å²) < 4.78 is 5.76. The van der Waals surface area contributed by atoms with Crippen molar-refractivity contribution >= 4 is 0 Å². The Morgan fingerprint density at radius 1 is 1.15 bits per heavy atom. The van der Waals surface area contributed by atoms with Gasteiger partial charge in [-0.05, 0) is 42.5 Å². The Kier molecular flexibility index (Phi) is 7.03. The molecule has 1 rings (SSSR count). The molecule has 114 valence electrons. The summed E-state index contributed by atoms with van der Waals surface area (Å²) in [5.41, 5.74) is 2.37. The summed E-state index contributed by atoms with van der Waals surface area (Å²) in [4.78, 5) is 0. The highest BCUT2D eigenvalue weighted by Crippen LogP contribution is 2.24. The molecular formula is C17H29NO2. The van der Waals surface area contributed by atoms with Crippen LogP contribution < -0.4 is 10.1 Å². The molecule has 0 aliphatic heterocycles. The molecule has 0 amide bonds.